The second-order valence-electron chi connectivity index (χ2n) is 3.87. The molecular formula is C10H9Cl2N3O3. The highest BCUT2D eigenvalue weighted by molar-refractivity contribution is 6.34. The van der Waals surface area contributed by atoms with Gasteiger partial charge in [-0.2, -0.15) is 0 Å². The smallest absolute Gasteiger partial charge is 0.326 e. The van der Waals surface area contributed by atoms with Gasteiger partial charge >= 0.3 is 5.97 Å². The predicted octanol–water partition coefficient (Wildman–Crippen LogP) is 1.47. The minimum absolute atomic E-state index is 0.0359. The van der Waals surface area contributed by atoms with Crippen LogP contribution in [0.3, 0.4) is 0 Å². The summed E-state index contributed by atoms with van der Waals surface area (Å²) in [6.07, 6.45) is 1.08. The lowest BCUT2D eigenvalue weighted by Gasteiger charge is -2.21. The normalized spacial score (nSPS) is 19.0. The highest BCUT2D eigenvalue weighted by atomic mass is 35.5. The Morgan fingerprint density at radius 2 is 2.11 bits per heavy atom. The van der Waals surface area contributed by atoms with E-state index in [9.17, 15) is 9.59 Å². The number of rotatable bonds is 2. The van der Waals surface area contributed by atoms with Crippen LogP contribution in [-0.2, 0) is 4.79 Å². The Balaban J connectivity index is 2.31. The SMILES string of the molecule is O=C(O)[C@@H]1CCCN1C(=O)c1cc(Cl)nnc1Cl. The van der Waals surface area contributed by atoms with Crippen LogP contribution in [0.5, 0.6) is 0 Å². The number of aromatic nitrogens is 2. The summed E-state index contributed by atoms with van der Waals surface area (Å²) in [5, 5.41) is 16.0. The summed E-state index contributed by atoms with van der Waals surface area (Å²) in [5.41, 5.74) is 0.0739. The van der Waals surface area contributed by atoms with E-state index in [4.69, 9.17) is 28.3 Å². The van der Waals surface area contributed by atoms with Crippen LogP contribution >= 0.6 is 23.2 Å². The van der Waals surface area contributed by atoms with Crippen molar-refractivity contribution >= 4 is 35.1 Å². The summed E-state index contributed by atoms with van der Waals surface area (Å²) in [4.78, 5) is 24.5. The van der Waals surface area contributed by atoms with Crippen LogP contribution in [0.1, 0.15) is 23.2 Å². The molecule has 1 aromatic heterocycles. The van der Waals surface area contributed by atoms with E-state index in [1.165, 1.54) is 11.0 Å². The monoisotopic (exact) mass is 289 g/mol. The fraction of sp³-hybridized carbons (Fsp3) is 0.400. The van der Waals surface area contributed by atoms with Crippen molar-refractivity contribution in [3.05, 3.63) is 21.9 Å². The standard InChI is InChI=1S/C10H9Cl2N3O3/c11-7-4-5(8(12)14-13-7)9(16)15-3-1-2-6(15)10(17)18/h4,6H,1-3H2,(H,17,18)/t6-/m0/s1. The van der Waals surface area contributed by atoms with Gasteiger partial charge in [0.15, 0.2) is 10.3 Å². The first-order valence-electron chi connectivity index (χ1n) is 5.23. The van der Waals surface area contributed by atoms with E-state index in [1.807, 2.05) is 0 Å². The van der Waals surface area contributed by atoms with Gasteiger partial charge in [-0.15, -0.1) is 10.2 Å². The maximum absolute atomic E-state index is 12.2. The third-order valence-electron chi connectivity index (χ3n) is 2.75. The van der Waals surface area contributed by atoms with Gasteiger partial charge < -0.3 is 10.0 Å². The molecule has 0 bridgehead atoms. The molecule has 0 radical (unpaired) electrons. The predicted molar refractivity (Wildman–Crippen MR) is 63.7 cm³/mol. The van der Waals surface area contributed by atoms with Gasteiger partial charge in [0.2, 0.25) is 0 Å². The van der Waals surface area contributed by atoms with Gasteiger partial charge in [-0.05, 0) is 18.9 Å². The first-order valence-corrected chi connectivity index (χ1v) is 5.99. The lowest BCUT2D eigenvalue weighted by Crippen LogP contribution is -2.40. The van der Waals surface area contributed by atoms with Crippen LogP contribution in [0.2, 0.25) is 10.3 Å². The van der Waals surface area contributed by atoms with Crippen molar-refractivity contribution in [2.24, 2.45) is 0 Å². The van der Waals surface area contributed by atoms with Crippen molar-refractivity contribution in [1.82, 2.24) is 15.1 Å². The highest BCUT2D eigenvalue weighted by Crippen LogP contribution is 2.23. The Morgan fingerprint density at radius 3 is 2.78 bits per heavy atom. The molecule has 1 amide bonds. The maximum atomic E-state index is 12.2. The number of amides is 1. The van der Waals surface area contributed by atoms with Gasteiger partial charge in [-0.25, -0.2) is 4.79 Å². The van der Waals surface area contributed by atoms with Gasteiger partial charge in [0, 0.05) is 6.54 Å². The minimum Gasteiger partial charge on any atom is -0.480 e. The zero-order valence-electron chi connectivity index (χ0n) is 9.14. The second kappa shape index (κ2) is 5.07. The lowest BCUT2D eigenvalue weighted by atomic mass is 10.2. The average molecular weight is 290 g/mol. The van der Waals surface area contributed by atoms with Gasteiger partial charge in [-0.3, -0.25) is 4.79 Å². The average Bonchev–Trinajstić information content (AvgIpc) is 2.80. The number of hydrogen-bond acceptors (Lipinski definition) is 4. The van der Waals surface area contributed by atoms with Gasteiger partial charge in [-0.1, -0.05) is 23.2 Å². The summed E-state index contributed by atoms with van der Waals surface area (Å²) in [6, 6.07) is 0.469. The number of carbonyl (C=O) groups is 2. The molecule has 0 aromatic carbocycles. The van der Waals surface area contributed by atoms with Crippen LogP contribution in [0.25, 0.3) is 0 Å². The van der Waals surface area contributed by atoms with E-state index < -0.39 is 17.9 Å². The molecule has 0 aliphatic carbocycles. The fourth-order valence-corrected chi connectivity index (χ4v) is 2.24. The van der Waals surface area contributed by atoms with E-state index >= 15 is 0 Å². The summed E-state index contributed by atoms with van der Waals surface area (Å²) in [7, 11) is 0. The van der Waals surface area contributed by atoms with Gasteiger partial charge in [0.25, 0.3) is 5.91 Å². The first-order chi connectivity index (χ1) is 8.50. The van der Waals surface area contributed by atoms with E-state index in [-0.39, 0.29) is 15.9 Å². The molecule has 1 aliphatic heterocycles. The Bertz CT molecular complexity index is 509. The van der Waals surface area contributed by atoms with E-state index in [1.54, 1.807) is 0 Å². The van der Waals surface area contributed by atoms with E-state index in [0.717, 1.165) is 0 Å². The van der Waals surface area contributed by atoms with E-state index in [0.29, 0.717) is 19.4 Å². The fourth-order valence-electron chi connectivity index (χ4n) is 1.92. The highest BCUT2D eigenvalue weighted by Gasteiger charge is 2.35. The van der Waals surface area contributed by atoms with Crippen LogP contribution in [0.4, 0.5) is 0 Å². The molecule has 0 unspecified atom stereocenters. The number of halogens is 2. The molecule has 0 spiro atoms. The molecular weight excluding hydrogens is 281 g/mol. The molecule has 1 atom stereocenters. The molecule has 1 N–H and O–H groups in total. The molecule has 1 aliphatic rings. The number of likely N-dealkylation sites (tertiary alicyclic amines) is 1. The van der Waals surface area contributed by atoms with Crippen molar-refractivity contribution in [2.75, 3.05) is 6.54 Å². The lowest BCUT2D eigenvalue weighted by molar-refractivity contribution is -0.141. The number of carboxylic acid groups (broad SMARTS) is 1. The zero-order valence-corrected chi connectivity index (χ0v) is 10.6. The molecule has 6 nitrogen and oxygen atoms in total. The number of carboxylic acids is 1. The second-order valence-corrected chi connectivity index (χ2v) is 4.61. The zero-order chi connectivity index (χ0) is 13.3. The molecule has 1 aromatic rings. The molecule has 18 heavy (non-hydrogen) atoms. The summed E-state index contributed by atoms with van der Waals surface area (Å²) in [6.45, 7) is 0.381. The van der Waals surface area contributed by atoms with Crippen molar-refractivity contribution in [3.8, 4) is 0 Å². The van der Waals surface area contributed by atoms with Crippen molar-refractivity contribution in [3.63, 3.8) is 0 Å². The number of aliphatic carboxylic acids is 1. The van der Waals surface area contributed by atoms with Crippen LogP contribution < -0.4 is 0 Å². The quantitative estimate of drug-likeness (QED) is 0.891. The molecule has 2 rings (SSSR count). The Kier molecular flexibility index (Phi) is 3.68. The molecule has 2 heterocycles. The molecule has 96 valence electrons. The molecule has 1 saturated heterocycles. The topological polar surface area (TPSA) is 83.4 Å². The third-order valence-corrected chi connectivity index (χ3v) is 3.21. The van der Waals surface area contributed by atoms with Crippen LogP contribution in [-0.4, -0.2) is 44.7 Å². The number of hydrogen-bond donors (Lipinski definition) is 1. The first kappa shape index (κ1) is 13.0. The van der Waals surface area contributed by atoms with Gasteiger partial charge in [0.05, 0.1) is 5.56 Å². The number of carbonyl (C=O) groups excluding carboxylic acids is 1. The largest absolute Gasteiger partial charge is 0.480 e. The van der Waals surface area contributed by atoms with Crippen molar-refractivity contribution in [1.29, 1.82) is 0 Å². The van der Waals surface area contributed by atoms with Gasteiger partial charge in [0.1, 0.15) is 6.04 Å². The Labute approximate surface area is 113 Å². The summed E-state index contributed by atoms with van der Waals surface area (Å²) >= 11 is 11.4. The van der Waals surface area contributed by atoms with Crippen LogP contribution in [0, 0.1) is 0 Å². The minimum atomic E-state index is -1.02. The Morgan fingerprint density at radius 1 is 1.39 bits per heavy atom. The van der Waals surface area contributed by atoms with E-state index in [2.05, 4.69) is 10.2 Å². The summed E-state index contributed by atoms with van der Waals surface area (Å²) in [5.74, 6) is -1.51. The molecule has 0 saturated carbocycles. The number of nitrogens with zero attached hydrogens (tertiary/aromatic N) is 3. The van der Waals surface area contributed by atoms with Crippen LogP contribution in [0.15, 0.2) is 6.07 Å². The molecule has 8 heteroatoms. The summed E-state index contributed by atoms with van der Waals surface area (Å²) < 4.78 is 0. The van der Waals surface area contributed by atoms with Crippen molar-refractivity contribution < 1.29 is 14.7 Å². The third kappa shape index (κ3) is 2.39. The molecule has 1 fully saturated rings. The van der Waals surface area contributed by atoms with Crippen molar-refractivity contribution in [2.45, 2.75) is 18.9 Å². The maximum Gasteiger partial charge on any atom is 0.326 e. The Hall–Kier alpha value is -1.40.